The Bertz CT molecular complexity index is 1900. The highest BCUT2D eigenvalue weighted by atomic mass is 32.2. The largest absolute Gasteiger partial charge is 0.478 e. The van der Waals surface area contributed by atoms with E-state index in [4.69, 9.17) is 10.8 Å². The molecule has 3 aromatic carbocycles. The van der Waals surface area contributed by atoms with Gasteiger partial charge in [-0.1, -0.05) is 24.3 Å². The SMILES string of the molecule is Nc1ccc2c(c1)C=C(S(=O)(=O)O)/C(=N\Nc1ccc(-c3ccc(N/N=C4/C=CC(=O)C(C(=O)O)=C4)cc3)cc1)C2=O. The number of nitrogens with one attached hydrogen (secondary N) is 2. The maximum absolute atomic E-state index is 13.0. The number of Topliss-reactive ketones (excluding diaryl/α,β-unsaturated/α-hetero) is 1. The second kappa shape index (κ2) is 11.1. The van der Waals surface area contributed by atoms with Crippen LogP contribution in [0.4, 0.5) is 17.1 Å². The molecule has 0 unspecified atom stereocenters. The molecule has 0 aliphatic heterocycles. The molecule has 210 valence electrons. The van der Waals surface area contributed by atoms with E-state index in [0.29, 0.717) is 17.1 Å². The van der Waals surface area contributed by atoms with Gasteiger partial charge in [-0.2, -0.15) is 18.6 Å². The zero-order valence-electron chi connectivity index (χ0n) is 21.5. The summed E-state index contributed by atoms with van der Waals surface area (Å²) in [7, 11) is -4.76. The fourth-order valence-corrected chi connectivity index (χ4v) is 4.80. The van der Waals surface area contributed by atoms with E-state index in [1.54, 1.807) is 36.4 Å². The molecular formula is C29H21N5O7S. The molecule has 0 atom stereocenters. The molecule has 42 heavy (non-hydrogen) atoms. The van der Waals surface area contributed by atoms with Gasteiger partial charge in [0.1, 0.15) is 10.5 Å². The van der Waals surface area contributed by atoms with Gasteiger partial charge in [0.2, 0.25) is 5.78 Å². The summed E-state index contributed by atoms with van der Waals surface area (Å²) in [5.41, 5.74) is 14.2. The standard InChI is InChI=1S/C29H21N5O7S/c30-19-5-11-23-18(13-19)14-26(42(39,40)41)27(28(23)36)34-32-21-8-3-17(4-9-21)16-1-6-20(7-2-16)31-33-22-10-12-25(35)24(15-22)29(37)38/h1-15,31-32H,30H2,(H,37,38)(H,39,40,41)/b33-22-,34-27+. The van der Waals surface area contributed by atoms with Crippen LogP contribution in [0.3, 0.4) is 0 Å². The van der Waals surface area contributed by atoms with Gasteiger partial charge < -0.3 is 10.8 Å². The maximum atomic E-state index is 13.0. The number of carboxylic acid groups (broad SMARTS) is 1. The summed E-state index contributed by atoms with van der Waals surface area (Å²) in [5, 5.41) is 17.2. The molecule has 6 N–H and O–H groups in total. The average Bonchev–Trinajstić information content (AvgIpc) is 2.96. The van der Waals surface area contributed by atoms with Crippen LogP contribution in [0.1, 0.15) is 15.9 Å². The summed E-state index contributed by atoms with van der Waals surface area (Å²) in [6.45, 7) is 0. The van der Waals surface area contributed by atoms with E-state index in [9.17, 15) is 27.4 Å². The first-order valence-corrected chi connectivity index (χ1v) is 13.6. The number of hydrazone groups is 2. The van der Waals surface area contributed by atoms with Crippen LogP contribution >= 0.6 is 0 Å². The minimum absolute atomic E-state index is 0.198. The van der Waals surface area contributed by atoms with Crippen LogP contribution in [0.25, 0.3) is 17.2 Å². The first-order chi connectivity index (χ1) is 20.0. The van der Waals surface area contributed by atoms with Crippen molar-refractivity contribution in [2.45, 2.75) is 0 Å². The smallest absolute Gasteiger partial charge is 0.339 e. The molecule has 12 nitrogen and oxygen atoms in total. The predicted octanol–water partition coefficient (Wildman–Crippen LogP) is 3.75. The Morgan fingerprint density at radius 2 is 1.40 bits per heavy atom. The molecule has 2 aliphatic carbocycles. The van der Waals surface area contributed by atoms with Crippen molar-refractivity contribution in [3.05, 3.63) is 107 Å². The number of rotatable bonds is 7. The number of carbonyl (C=O) groups is 3. The fourth-order valence-electron chi connectivity index (χ4n) is 4.14. The lowest BCUT2D eigenvalue weighted by Gasteiger charge is -2.16. The van der Waals surface area contributed by atoms with Gasteiger partial charge in [-0.05, 0) is 83.5 Å². The number of fused-ring (bicyclic) bond motifs is 1. The van der Waals surface area contributed by atoms with Gasteiger partial charge >= 0.3 is 5.97 Å². The molecule has 0 bridgehead atoms. The van der Waals surface area contributed by atoms with E-state index in [0.717, 1.165) is 23.3 Å². The van der Waals surface area contributed by atoms with Crippen LogP contribution in [0.5, 0.6) is 0 Å². The number of hydrogen-bond acceptors (Lipinski definition) is 10. The number of nitrogens with two attached hydrogens (primary N) is 1. The van der Waals surface area contributed by atoms with E-state index in [1.807, 2.05) is 12.1 Å². The van der Waals surface area contributed by atoms with E-state index >= 15 is 0 Å². The molecule has 13 heteroatoms. The second-order valence-corrected chi connectivity index (χ2v) is 10.5. The number of carbonyl (C=O) groups excluding carboxylic acids is 2. The minimum Gasteiger partial charge on any atom is -0.478 e. The lowest BCUT2D eigenvalue weighted by atomic mass is 9.94. The van der Waals surface area contributed by atoms with Gasteiger partial charge in [-0.25, -0.2) is 4.79 Å². The number of allylic oxidation sites excluding steroid dienone is 4. The van der Waals surface area contributed by atoms with E-state index in [1.165, 1.54) is 30.4 Å². The molecule has 0 aromatic heterocycles. The van der Waals surface area contributed by atoms with Gasteiger partial charge in [-0.15, -0.1) is 0 Å². The summed E-state index contributed by atoms with van der Waals surface area (Å²) >= 11 is 0. The van der Waals surface area contributed by atoms with Crippen LogP contribution in [0.2, 0.25) is 0 Å². The second-order valence-electron chi connectivity index (χ2n) is 9.10. The zero-order valence-corrected chi connectivity index (χ0v) is 22.3. The third-order valence-electron chi connectivity index (χ3n) is 6.24. The van der Waals surface area contributed by atoms with Crippen LogP contribution in [0, 0.1) is 0 Å². The highest BCUT2D eigenvalue weighted by Crippen LogP contribution is 2.28. The van der Waals surface area contributed by atoms with Crippen molar-refractivity contribution in [2.75, 3.05) is 16.6 Å². The quantitative estimate of drug-likeness (QED) is 0.0897. The first-order valence-electron chi connectivity index (χ1n) is 12.2. The normalized spacial score (nSPS) is 16.6. The number of nitrogens with zero attached hydrogens (tertiary/aromatic N) is 2. The van der Waals surface area contributed by atoms with Gasteiger partial charge in [0.05, 0.1) is 17.1 Å². The van der Waals surface area contributed by atoms with Crippen molar-refractivity contribution < 1.29 is 32.5 Å². The van der Waals surface area contributed by atoms with Crippen molar-refractivity contribution in [3.63, 3.8) is 0 Å². The monoisotopic (exact) mass is 583 g/mol. The summed E-state index contributed by atoms with van der Waals surface area (Å²) < 4.78 is 33.7. The lowest BCUT2D eigenvalue weighted by Crippen LogP contribution is -2.27. The van der Waals surface area contributed by atoms with Crippen molar-refractivity contribution >= 4 is 62.2 Å². The molecule has 0 radical (unpaired) electrons. The minimum atomic E-state index is -4.76. The molecule has 0 heterocycles. The van der Waals surface area contributed by atoms with Crippen LogP contribution in [-0.2, 0) is 19.7 Å². The Labute approximate surface area is 239 Å². The molecule has 0 spiro atoms. The van der Waals surface area contributed by atoms with Gasteiger partial charge in [0.25, 0.3) is 10.1 Å². The number of nitrogen functional groups attached to an aromatic ring is 1. The van der Waals surface area contributed by atoms with Crippen molar-refractivity contribution in [1.29, 1.82) is 0 Å². The van der Waals surface area contributed by atoms with Gasteiger partial charge in [0, 0.05) is 11.3 Å². The van der Waals surface area contributed by atoms with Crippen LogP contribution < -0.4 is 16.6 Å². The average molecular weight is 584 g/mol. The van der Waals surface area contributed by atoms with Crippen molar-refractivity contribution in [3.8, 4) is 11.1 Å². The van der Waals surface area contributed by atoms with Crippen molar-refractivity contribution in [1.82, 2.24) is 0 Å². The zero-order chi connectivity index (χ0) is 30.0. The Morgan fingerprint density at radius 1 is 0.810 bits per heavy atom. The van der Waals surface area contributed by atoms with E-state index in [-0.39, 0.29) is 22.4 Å². The summed E-state index contributed by atoms with van der Waals surface area (Å²) in [4.78, 5) is 35.1. The van der Waals surface area contributed by atoms with Gasteiger partial charge in [0.15, 0.2) is 11.5 Å². The van der Waals surface area contributed by atoms with Crippen molar-refractivity contribution in [2.24, 2.45) is 10.2 Å². The lowest BCUT2D eigenvalue weighted by molar-refractivity contribution is -0.134. The number of aliphatic carboxylic acids is 1. The molecular weight excluding hydrogens is 562 g/mol. The Balaban J connectivity index is 1.29. The number of hydrogen-bond donors (Lipinski definition) is 5. The van der Waals surface area contributed by atoms with Crippen LogP contribution in [0.15, 0.2) is 106 Å². The third kappa shape index (κ3) is 5.91. The number of carboxylic acids is 1. The van der Waals surface area contributed by atoms with E-state index < -0.39 is 38.3 Å². The summed E-state index contributed by atoms with van der Waals surface area (Å²) in [6.07, 6.45) is 4.89. The maximum Gasteiger partial charge on any atom is 0.339 e. The molecule has 0 fully saturated rings. The highest BCUT2D eigenvalue weighted by Gasteiger charge is 2.32. The summed E-state index contributed by atoms with van der Waals surface area (Å²) in [5.74, 6) is -2.61. The fraction of sp³-hybridized carbons (Fsp3) is 0. The third-order valence-corrected chi connectivity index (χ3v) is 7.11. The topological polar surface area (TPSA) is 201 Å². The molecule has 5 rings (SSSR count). The summed E-state index contributed by atoms with van der Waals surface area (Å²) in [6, 6.07) is 18.5. The molecule has 2 aliphatic rings. The Hall–Kier alpha value is -5.66. The predicted molar refractivity (Wildman–Crippen MR) is 159 cm³/mol. The van der Waals surface area contributed by atoms with E-state index in [2.05, 4.69) is 21.1 Å². The number of ketones is 2. The molecule has 0 amide bonds. The molecule has 0 saturated carbocycles. The first kappa shape index (κ1) is 27.9. The Kier molecular flexibility index (Phi) is 7.35. The number of benzene rings is 3. The molecule has 3 aromatic rings. The number of anilines is 3. The molecule has 0 saturated heterocycles. The highest BCUT2D eigenvalue weighted by molar-refractivity contribution is 7.91. The van der Waals surface area contributed by atoms with Crippen LogP contribution in [-0.4, -0.2) is 47.0 Å². The van der Waals surface area contributed by atoms with Gasteiger partial charge in [-0.3, -0.25) is 25.0 Å². The Morgan fingerprint density at radius 3 is 1.98 bits per heavy atom.